The molecule has 0 unspecified atom stereocenters. The Morgan fingerprint density at radius 3 is 2.58 bits per heavy atom. The van der Waals surface area contributed by atoms with Gasteiger partial charge in [0, 0.05) is 6.42 Å². The molecule has 0 aliphatic heterocycles. The predicted molar refractivity (Wildman–Crippen MR) is 107 cm³/mol. The van der Waals surface area contributed by atoms with Crippen molar-refractivity contribution < 1.29 is 4.74 Å². The fourth-order valence-corrected chi connectivity index (χ4v) is 3.21. The van der Waals surface area contributed by atoms with Crippen molar-refractivity contribution in [3.05, 3.63) is 74.2 Å². The summed E-state index contributed by atoms with van der Waals surface area (Å²) >= 11 is 17.7. The van der Waals surface area contributed by atoms with Crippen LogP contribution in [0.4, 0.5) is 0 Å². The number of benzene rings is 2. The molecule has 0 bridgehead atoms. The Labute approximate surface area is 166 Å². The summed E-state index contributed by atoms with van der Waals surface area (Å²) in [5.74, 6) is 1.18. The van der Waals surface area contributed by atoms with E-state index in [1.807, 2.05) is 37.3 Å². The molecule has 2 aromatic carbocycles. The highest BCUT2D eigenvalue weighted by molar-refractivity contribution is 7.71. The highest BCUT2D eigenvalue weighted by Gasteiger charge is 2.09. The van der Waals surface area contributed by atoms with Gasteiger partial charge < -0.3 is 4.74 Å². The summed E-state index contributed by atoms with van der Waals surface area (Å²) in [4.78, 5) is 0. The Bertz CT molecular complexity index is 959. The monoisotopic (exact) mass is 406 g/mol. The number of aromatic amines is 1. The summed E-state index contributed by atoms with van der Waals surface area (Å²) in [6, 6.07) is 13.5. The van der Waals surface area contributed by atoms with Crippen molar-refractivity contribution in [1.82, 2.24) is 14.9 Å². The van der Waals surface area contributed by atoms with Crippen LogP contribution in [0.25, 0.3) is 0 Å². The van der Waals surface area contributed by atoms with Crippen molar-refractivity contribution in [3.63, 3.8) is 0 Å². The first-order chi connectivity index (χ1) is 12.6. The standard InChI is InChI=1S/C18H16Cl2N4OS/c1-2-25-17-14(19)8-13(9-15(17)20)11-21-24-16(22-23-18(24)26)10-12-6-4-3-5-7-12/h3-9,11H,2,10H2,1H3,(H,23,26)/b21-11-. The molecule has 1 N–H and O–H groups in total. The minimum atomic E-state index is 0.412. The summed E-state index contributed by atoms with van der Waals surface area (Å²) in [6.07, 6.45) is 2.24. The van der Waals surface area contributed by atoms with Crippen LogP contribution in [0, 0.1) is 4.77 Å². The molecule has 0 amide bonds. The molecule has 0 spiro atoms. The third-order valence-corrected chi connectivity index (χ3v) is 4.38. The van der Waals surface area contributed by atoms with Crippen LogP contribution in [0.2, 0.25) is 10.0 Å². The summed E-state index contributed by atoms with van der Waals surface area (Å²) < 4.78 is 7.43. The molecule has 5 nitrogen and oxygen atoms in total. The maximum absolute atomic E-state index is 6.23. The number of nitrogens with one attached hydrogen (secondary N) is 1. The van der Waals surface area contributed by atoms with E-state index in [9.17, 15) is 0 Å². The molecular weight excluding hydrogens is 391 g/mol. The van der Waals surface area contributed by atoms with E-state index in [0.717, 1.165) is 11.1 Å². The van der Waals surface area contributed by atoms with Crippen LogP contribution in [0.1, 0.15) is 23.9 Å². The summed E-state index contributed by atoms with van der Waals surface area (Å²) in [5.41, 5.74) is 1.85. The second-order valence-electron chi connectivity index (χ2n) is 5.41. The van der Waals surface area contributed by atoms with Crippen molar-refractivity contribution in [2.45, 2.75) is 13.3 Å². The normalized spacial score (nSPS) is 11.2. The molecule has 26 heavy (non-hydrogen) atoms. The zero-order chi connectivity index (χ0) is 18.5. The van der Waals surface area contributed by atoms with Gasteiger partial charge >= 0.3 is 0 Å². The molecule has 0 fully saturated rings. The molecule has 8 heteroatoms. The topological polar surface area (TPSA) is 55.2 Å². The van der Waals surface area contributed by atoms with Crippen molar-refractivity contribution in [2.24, 2.45) is 5.10 Å². The van der Waals surface area contributed by atoms with Gasteiger partial charge in [-0.25, -0.2) is 0 Å². The largest absolute Gasteiger partial charge is 0.491 e. The molecular formula is C18H16Cl2N4OS. The number of ether oxygens (including phenoxy) is 1. The lowest BCUT2D eigenvalue weighted by molar-refractivity contribution is 0.340. The first kappa shape index (κ1) is 18.6. The average Bonchev–Trinajstić information content (AvgIpc) is 2.97. The molecule has 1 aromatic heterocycles. The molecule has 0 saturated carbocycles. The van der Waals surface area contributed by atoms with Gasteiger partial charge in [0.15, 0.2) is 11.6 Å². The fraction of sp³-hybridized carbons (Fsp3) is 0.167. The third-order valence-electron chi connectivity index (χ3n) is 3.55. The number of hydrogen-bond acceptors (Lipinski definition) is 4. The Kier molecular flexibility index (Phi) is 6.08. The number of hydrogen-bond donors (Lipinski definition) is 1. The summed E-state index contributed by atoms with van der Waals surface area (Å²) in [6.45, 7) is 2.36. The summed E-state index contributed by atoms with van der Waals surface area (Å²) in [7, 11) is 0. The number of rotatable bonds is 6. The van der Waals surface area contributed by atoms with Gasteiger partial charge in [0.25, 0.3) is 0 Å². The molecule has 0 radical (unpaired) electrons. The molecule has 0 aliphatic rings. The first-order valence-electron chi connectivity index (χ1n) is 7.95. The quantitative estimate of drug-likeness (QED) is 0.456. The lowest BCUT2D eigenvalue weighted by Crippen LogP contribution is -2.00. The maximum Gasteiger partial charge on any atom is 0.216 e. The molecule has 1 heterocycles. The van der Waals surface area contributed by atoms with Crippen molar-refractivity contribution in [2.75, 3.05) is 6.61 Å². The number of nitrogens with zero attached hydrogens (tertiary/aromatic N) is 3. The Morgan fingerprint density at radius 2 is 1.92 bits per heavy atom. The Morgan fingerprint density at radius 1 is 1.23 bits per heavy atom. The minimum Gasteiger partial charge on any atom is -0.491 e. The number of aromatic nitrogens is 3. The predicted octanol–water partition coefficient (Wildman–Crippen LogP) is 5.12. The van der Waals surface area contributed by atoms with Gasteiger partial charge in [-0.05, 0) is 42.4 Å². The Hall–Kier alpha value is -2.15. The Balaban J connectivity index is 1.87. The van der Waals surface area contributed by atoms with Crippen molar-refractivity contribution in [1.29, 1.82) is 0 Å². The maximum atomic E-state index is 6.23. The second kappa shape index (κ2) is 8.49. The van der Waals surface area contributed by atoms with Crippen LogP contribution in [0.15, 0.2) is 47.6 Å². The van der Waals surface area contributed by atoms with Crippen LogP contribution < -0.4 is 4.74 Å². The third kappa shape index (κ3) is 4.33. The SMILES string of the molecule is CCOc1c(Cl)cc(/C=N\n2c(Cc3ccccc3)n[nH]c2=S)cc1Cl. The van der Waals surface area contributed by atoms with Gasteiger partial charge in [-0.2, -0.15) is 14.9 Å². The van der Waals surface area contributed by atoms with Crippen LogP contribution >= 0.6 is 35.4 Å². The van der Waals surface area contributed by atoms with Crippen LogP contribution in [-0.2, 0) is 6.42 Å². The van der Waals surface area contributed by atoms with Gasteiger partial charge in [-0.3, -0.25) is 5.10 Å². The number of halogens is 2. The van der Waals surface area contributed by atoms with E-state index in [1.54, 1.807) is 23.0 Å². The lowest BCUT2D eigenvalue weighted by Gasteiger charge is -2.08. The van der Waals surface area contributed by atoms with E-state index >= 15 is 0 Å². The van der Waals surface area contributed by atoms with Gasteiger partial charge in [0.05, 0.1) is 22.9 Å². The van der Waals surface area contributed by atoms with Crippen LogP contribution in [0.3, 0.4) is 0 Å². The number of H-pyrrole nitrogens is 1. The minimum absolute atomic E-state index is 0.412. The molecule has 0 aliphatic carbocycles. The highest BCUT2D eigenvalue weighted by atomic mass is 35.5. The van der Waals surface area contributed by atoms with E-state index in [-0.39, 0.29) is 0 Å². The zero-order valence-corrected chi connectivity index (χ0v) is 16.3. The van der Waals surface area contributed by atoms with Crippen LogP contribution in [0.5, 0.6) is 5.75 Å². The second-order valence-corrected chi connectivity index (χ2v) is 6.61. The van der Waals surface area contributed by atoms with E-state index < -0.39 is 0 Å². The van der Waals surface area contributed by atoms with Gasteiger partial charge in [0.1, 0.15) is 0 Å². The van der Waals surface area contributed by atoms with E-state index in [1.165, 1.54) is 0 Å². The highest BCUT2D eigenvalue weighted by Crippen LogP contribution is 2.33. The van der Waals surface area contributed by atoms with Gasteiger partial charge in [0.2, 0.25) is 4.77 Å². The van der Waals surface area contributed by atoms with Crippen molar-refractivity contribution in [3.8, 4) is 5.75 Å². The van der Waals surface area contributed by atoms with Crippen LogP contribution in [-0.4, -0.2) is 27.7 Å². The smallest absolute Gasteiger partial charge is 0.216 e. The fourth-order valence-electron chi connectivity index (χ4n) is 2.40. The average molecular weight is 407 g/mol. The van der Waals surface area contributed by atoms with E-state index in [4.69, 9.17) is 40.2 Å². The van der Waals surface area contributed by atoms with E-state index in [0.29, 0.717) is 39.4 Å². The molecule has 3 rings (SSSR count). The zero-order valence-electron chi connectivity index (χ0n) is 13.9. The van der Waals surface area contributed by atoms with Gasteiger partial charge in [-0.1, -0.05) is 53.5 Å². The molecule has 134 valence electrons. The molecule has 0 saturated heterocycles. The first-order valence-corrected chi connectivity index (χ1v) is 9.11. The van der Waals surface area contributed by atoms with E-state index in [2.05, 4.69) is 15.3 Å². The lowest BCUT2D eigenvalue weighted by atomic mass is 10.1. The molecule has 3 aromatic rings. The van der Waals surface area contributed by atoms with Crippen molar-refractivity contribution >= 4 is 41.6 Å². The summed E-state index contributed by atoms with van der Waals surface area (Å²) in [5, 5.41) is 12.3. The molecule has 0 atom stereocenters. The van der Waals surface area contributed by atoms with Gasteiger partial charge in [-0.15, -0.1) is 0 Å².